The van der Waals surface area contributed by atoms with Crippen molar-refractivity contribution in [1.82, 2.24) is 9.80 Å². The lowest BCUT2D eigenvalue weighted by molar-refractivity contribution is -0.164. The smallest absolute Gasteiger partial charge is 0.416 e. The van der Waals surface area contributed by atoms with Gasteiger partial charge in [-0.15, -0.1) is 0 Å². The van der Waals surface area contributed by atoms with Crippen molar-refractivity contribution in [1.29, 1.82) is 0 Å². The van der Waals surface area contributed by atoms with Gasteiger partial charge in [0.2, 0.25) is 0 Å². The van der Waals surface area contributed by atoms with Crippen LogP contribution in [-0.2, 0) is 18.9 Å². The summed E-state index contributed by atoms with van der Waals surface area (Å²) in [4.78, 5) is 35.2. The summed E-state index contributed by atoms with van der Waals surface area (Å²) in [7, 11) is 3.08. The zero-order valence-corrected chi connectivity index (χ0v) is 28.1. The van der Waals surface area contributed by atoms with Crippen LogP contribution in [0.5, 0.6) is 0 Å². The van der Waals surface area contributed by atoms with Crippen LogP contribution < -0.4 is 0 Å². The molecular formula is C27H46N4O11S2. The summed E-state index contributed by atoms with van der Waals surface area (Å²) in [6, 6.07) is -1.27. The molecule has 0 unspecified atom stereocenters. The maximum Gasteiger partial charge on any atom is 0.416 e. The van der Waals surface area contributed by atoms with E-state index in [-0.39, 0.29) is 0 Å². The van der Waals surface area contributed by atoms with Crippen LogP contribution >= 0.6 is 23.5 Å². The third-order valence-corrected chi connectivity index (χ3v) is 9.21. The average molecular weight is 667 g/mol. The number of aliphatic hydroxyl groups excluding tert-OH is 5. The molecule has 252 valence electrons. The van der Waals surface area contributed by atoms with Crippen LogP contribution in [0.25, 0.3) is 0 Å². The molecule has 0 aliphatic carbocycles. The first kappa shape index (κ1) is 36.8. The van der Waals surface area contributed by atoms with Crippen molar-refractivity contribution in [3.05, 3.63) is 0 Å². The largest absolute Gasteiger partial charge is 0.443 e. The van der Waals surface area contributed by atoms with Gasteiger partial charge in [-0.1, -0.05) is 30.4 Å². The molecule has 10 atom stereocenters. The molecule has 0 aromatic carbocycles. The molecule has 0 bridgehead atoms. The van der Waals surface area contributed by atoms with E-state index in [1.54, 1.807) is 48.6 Å². The predicted octanol–water partition coefficient (Wildman–Crippen LogP) is 0.945. The Morgan fingerprint density at radius 1 is 0.750 bits per heavy atom. The Hall–Kier alpha value is -1.70. The zero-order valence-electron chi connectivity index (χ0n) is 26.5. The van der Waals surface area contributed by atoms with Crippen LogP contribution in [0.3, 0.4) is 0 Å². The Morgan fingerprint density at radius 3 is 1.45 bits per heavy atom. The minimum absolute atomic E-state index is 0.342. The first-order chi connectivity index (χ1) is 20.3. The van der Waals surface area contributed by atoms with Gasteiger partial charge < -0.3 is 44.5 Å². The van der Waals surface area contributed by atoms with Crippen molar-refractivity contribution in [3.63, 3.8) is 0 Å². The second-order valence-corrected chi connectivity index (χ2v) is 14.9. The van der Waals surface area contributed by atoms with Gasteiger partial charge in [0.05, 0.1) is 12.7 Å². The SMILES string of the molecule is CC[C@H]1O[C@@H]2SC(N(C)C(=O)OC(C)(C)C)=N[C@@H]2[C@@H](O)[C@@H]1O.CN(C(=O)OC(C)(C)C)C1=N[C@@H]2[C@@H](O)[C@H](O)[C@@H](CO)O[C@@H]2S1. The van der Waals surface area contributed by atoms with E-state index in [4.69, 9.17) is 24.1 Å². The van der Waals surface area contributed by atoms with E-state index in [2.05, 4.69) is 9.98 Å². The lowest BCUT2D eigenvalue weighted by Gasteiger charge is -2.37. The normalized spacial score (nSPS) is 34.9. The number of ether oxygens (including phenoxy) is 4. The van der Waals surface area contributed by atoms with Gasteiger partial charge in [0, 0.05) is 14.1 Å². The standard InChI is InChI=1S/C14H24N2O5S.C13H22N2O6S/c1-6-7-9(17)10(18)8-11(20-7)22-12(15-8)16(5)13(19)21-14(2,3)4;1-13(2,3)21-12(19)15(4)11-14-7-9(18)8(17)6(5-16)20-10(7)22-11/h7-11,17-18H,6H2,1-5H3;6-10,16-18H,5H2,1-4H3/t7-,8-,9-,10-,11-;6-,7-,8-,9-,10-/m11/s1. The van der Waals surface area contributed by atoms with Crippen LogP contribution in [0.1, 0.15) is 54.9 Å². The fourth-order valence-electron chi connectivity index (χ4n) is 4.46. The van der Waals surface area contributed by atoms with Gasteiger partial charge in [0.1, 0.15) is 64.7 Å². The maximum atomic E-state index is 12.1. The van der Waals surface area contributed by atoms with Gasteiger partial charge in [-0.2, -0.15) is 0 Å². The summed E-state index contributed by atoms with van der Waals surface area (Å²) < 4.78 is 21.8. The molecule has 4 aliphatic rings. The average Bonchev–Trinajstić information content (AvgIpc) is 3.55. The Morgan fingerprint density at radius 2 is 1.11 bits per heavy atom. The Bertz CT molecular complexity index is 1010. The molecule has 44 heavy (non-hydrogen) atoms. The third-order valence-electron chi connectivity index (χ3n) is 6.79. The zero-order chi connectivity index (χ0) is 33.3. The highest BCUT2D eigenvalue weighted by molar-refractivity contribution is 8.14. The summed E-state index contributed by atoms with van der Waals surface area (Å²) in [5, 5.41) is 50.1. The highest BCUT2D eigenvalue weighted by atomic mass is 32.2. The van der Waals surface area contributed by atoms with E-state index in [0.717, 1.165) is 11.8 Å². The number of aliphatic imine (C=N–C) groups is 2. The molecule has 2 saturated heterocycles. The van der Waals surface area contributed by atoms with E-state index < -0.39 is 89.6 Å². The lowest BCUT2D eigenvalue weighted by atomic mass is 9.97. The number of aliphatic hydroxyl groups is 5. The number of fused-ring (bicyclic) bond motifs is 2. The molecule has 4 aliphatic heterocycles. The molecule has 4 heterocycles. The van der Waals surface area contributed by atoms with E-state index in [0.29, 0.717) is 16.8 Å². The first-order valence-electron chi connectivity index (χ1n) is 14.3. The number of hydrogen-bond donors (Lipinski definition) is 5. The summed E-state index contributed by atoms with van der Waals surface area (Å²) >= 11 is 2.42. The summed E-state index contributed by atoms with van der Waals surface area (Å²) in [5.74, 6) is 0. The van der Waals surface area contributed by atoms with E-state index >= 15 is 0 Å². The molecule has 2 amide bonds. The number of carbonyl (C=O) groups is 2. The van der Waals surface area contributed by atoms with Crippen LogP contribution in [-0.4, -0.2) is 149 Å². The summed E-state index contributed by atoms with van der Waals surface area (Å²) in [5.41, 5.74) is -2.18. The Balaban J connectivity index is 0.000000240. The molecule has 2 fully saturated rings. The molecule has 5 N–H and O–H groups in total. The highest BCUT2D eigenvalue weighted by Gasteiger charge is 2.50. The molecule has 0 spiro atoms. The minimum atomic E-state index is -1.22. The highest BCUT2D eigenvalue weighted by Crippen LogP contribution is 2.39. The molecule has 4 rings (SSSR count). The monoisotopic (exact) mass is 666 g/mol. The number of amidine groups is 2. The van der Waals surface area contributed by atoms with Crippen molar-refractivity contribution < 1.29 is 54.1 Å². The second kappa shape index (κ2) is 14.4. The number of thioether (sulfide) groups is 2. The van der Waals surface area contributed by atoms with Crippen LogP contribution in [0.4, 0.5) is 9.59 Å². The van der Waals surface area contributed by atoms with Gasteiger partial charge in [-0.25, -0.2) is 9.59 Å². The lowest BCUT2D eigenvalue weighted by Crippen LogP contribution is -2.55. The summed E-state index contributed by atoms with van der Waals surface area (Å²) in [6.45, 7) is 12.1. The van der Waals surface area contributed by atoms with Crippen molar-refractivity contribution in [2.45, 2.75) is 126 Å². The molecular weight excluding hydrogens is 620 g/mol. The van der Waals surface area contributed by atoms with Gasteiger partial charge >= 0.3 is 12.2 Å². The maximum absolute atomic E-state index is 12.1. The van der Waals surface area contributed by atoms with Crippen LogP contribution in [0.15, 0.2) is 9.98 Å². The molecule has 0 aromatic rings. The molecule has 0 saturated carbocycles. The van der Waals surface area contributed by atoms with Crippen molar-refractivity contribution in [2.24, 2.45) is 9.98 Å². The number of rotatable bonds is 2. The van der Waals surface area contributed by atoms with E-state index in [1.165, 1.54) is 28.6 Å². The number of hydrogen-bond acceptors (Lipinski definition) is 15. The molecule has 0 aromatic heterocycles. The van der Waals surface area contributed by atoms with Crippen molar-refractivity contribution >= 4 is 46.0 Å². The number of nitrogens with zero attached hydrogens (tertiary/aromatic N) is 4. The van der Waals surface area contributed by atoms with Crippen LogP contribution in [0, 0.1) is 0 Å². The predicted molar refractivity (Wildman–Crippen MR) is 164 cm³/mol. The number of amides is 2. The number of carbonyl (C=O) groups excluding carboxylic acids is 2. The molecule has 0 radical (unpaired) electrons. The third kappa shape index (κ3) is 8.76. The van der Waals surface area contributed by atoms with Gasteiger partial charge in [0.25, 0.3) is 0 Å². The summed E-state index contributed by atoms with van der Waals surface area (Å²) in [6.07, 6.45) is -6.13. The second-order valence-electron chi connectivity index (χ2n) is 12.8. The van der Waals surface area contributed by atoms with E-state index in [9.17, 15) is 30.0 Å². The van der Waals surface area contributed by atoms with Gasteiger partial charge in [-0.05, 0) is 48.0 Å². The molecule has 17 heteroatoms. The van der Waals surface area contributed by atoms with E-state index in [1.807, 2.05) is 6.92 Å². The van der Waals surface area contributed by atoms with Crippen LogP contribution in [0.2, 0.25) is 0 Å². The fraction of sp³-hybridized carbons (Fsp3) is 0.852. The van der Waals surface area contributed by atoms with Gasteiger partial charge in [0.15, 0.2) is 10.3 Å². The molecule has 15 nitrogen and oxygen atoms in total. The van der Waals surface area contributed by atoms with Crippen molar-refractivity contribution in [3.8, 4) is 0 Å². The van der Waals surface area contributed by atoms with Gasteiger partial charge in [-0.3, -0.25) is 19.8 Å². The topological polar surface area (TPSA) is 203 Å². The Labute approximate surface area is 266 Å². The quantitative estimate of drug-likeness (QED) is 0.279. The van der Waals surface area contributed by atoms with Crippen molar-refractivity contribution in [2.75, 3.05) is 20.7 Å². The Kier molecular flexibility index (Phi) is 12.0. The fourth-order valence-corrected chi connectivity index (χ4v) is 6.83. The minimum Gasteiger partial charge on any atom is -0.443 e. The first-order valence-corrected chi connectivity index (χ1v) is 16.1.